The highest BCUT2D eigenvalue weighted by atomic mass is 32.1. The maximum atomic E-state index is 13.5. The molecule has 0 unspecified atom stereocenters. The summed E-state index contributed by atoms with van der Waals surface area (Å²) >= 11 is 1.63. The first kappa shape index (κ1) is 24.5. The lowest BCUT2D eigenvalue weighted by atomic mass is 10.1. The quantitative estimate of drug-likeness (QED) is 0.418. The molecule has 5 nitrogen and oxygen atoms in total. The molecule has 3 amide bonds. The highest BCUT2D eigenvalue weighted by Crippen LogP contribution is 2.21. The van der Waals surface area contributed by atoms with Gasteiger partial charge in [-0.1, -0.05) is 68.4 Å². The van der Waals surface area contributed by atoms with Gasteiger partial charge in [-0.25, -0.2) is 4.79 Å². The third-order valence-electron chi connectivity index (χ3n) is 5.41. The lowest BCUT2D eigenvalue weighted by Crippen LogP contribution is -2.45. The second-order valence-corrected chi connectivity index (χ2v) is 9.82. The Kier molecular flexibility index (Phi) is 8.66. The number of para-hydroxylation sites is 1. The zero-order valence-electron chi connectivity index (χ0n) is 19.9. The average molecular weight is 464 g/mol. The molecular formula is C27H33N3O2S. The molecule has 0 saturated carbocycles. The van der Waals surface area contributed by atoms with Crippen molar-refractivity contribution in [3.63, 3.8) is 0 Å². The second kappa shape index (κ2) is 11.7. The largest absolute Gasteiger partial charge is 0.332 e. The molecule has 0 aliphatic rings. The molecule has 0 spiro atoms. The van der Waals surface area contributed by atoms with Crippen molar-refractivity contribution in [2.45, 2.75) is 40.8 Å². The van der Waals surface area contributed by atoms with E-state index in [1.807, 2.05) is 84.8 Å². The van der Waals surface area contributed by atoms with Crippen LogP contribution in [0.15, 0.2) is 66.0 Å². The van der Waals surface area contributed by atoms with Gasteiger partial charge in [-0.15, -0.1) is 11.3 Å². The SMILES string of the molecule is Cc1cccc(C)c1NC(=O)N(CC(=O)N(Cc1ccccc1)Cc1cccs1)CC(C)C. The van der Waals surface area contributed by atoms with Crippen LogP contribution in [0.25, 0.3) is 0 Å². The van der Waals surface area contributed by atoms with E-state index >= 15 is 0 Å². The highest BCUT2D eigenvalue weighted by Gasteiger charge is 2.23. The van der Waals surface area contributed by atoms with Crippen LogP contribution in [0.2, 0.25) is 0 Å². The maximum absolute atomic E-state index is 13.5. The highest BCUT2D eigenvalue weighted by molar-refractivity contribution is 7.09. The van der Waals surface area contributed by atoms with E-state index in [0.717, 1.165) is 27.3 Å². The van der Waals surface area contributed by atoms with E-state index in [4.69, 9.17) is 0 Å². The van der Waals surface area contributed by atoms with Gasteiger partial charge in [0.2, 0.25) is 5.91 Å². The molecular weight excluding hydrogens is 430 g/mol. The van der Waals surface area contributed by atoms with Gasteiger partial charge < -0.3 is 15.1 Å². The first-order valence-corrected chi connectivity index (χ1v) is 12.2. The van der Waals surface area contributed by atoms with E-state index in [2.05, 4.69) is 19.2 Å². The molecule has 3 rings (SSSR count). The number of nitrogens with zero attached hydrogens (tertiary/aromatic N) is 2. The van der Waals surface area contributed by atoms with Crippen molar-refractivity contribution in [2.24, 2.45) is 5.92 Å². The molecule has 0 fully saturated rings. The van der Waals surface area contributed by atoms with Gasteiger partial charge in [-0.3, -0.25) is 4.79 Å². The van der Waals surface area contributed by atoms with Crippen molar-refractivity contribution in [2.75, 3.05) is 18.4 Å². The Morgan fingerprint density at radius 3 is 2.18 bits per heavy atom. The molecule has 0 atom stereocenters. The Morgan fingerprint density at radius 2 is 1.58 bits per heavy atom. The molecule has 3 aromatic rings. The van der Waals surface area contributed by atoms with Gasteiger partial charge in [0.25, 0.3) is 0 Å². The molecule has 1 N–H and O–H groups in total. The number of hydrogen-bond acceptors (Lipinski definition) is 3. The van der Waals surface area contributed by atoms with Gasteiger partial charge in [0.15, 0.2) is 0 Å². The van der Waals surface area contributed by atoms with Gasteiger partial charge in [0.1, 0.15) is 6.54 Å². The van der Waals surface area contributed by atoms with E-state index in [0.29, 0.717) is 19.6 Å². The van der Waals surface area contributed by atoms with Crippen LogP contribution in [-0.2, 0) is 17.9 Å². The Hall–Kier alpha value is -3.12. The number of aryl methyl sites for hydroxylation is 2. The fraction of sp³-hybridized carbons (Fsp3) is 0.333. The first-order chi connectivity index (χ1) is 15.8. The lowest BCUT2D eigenvalue weighted by molar-refractivity contribution is -0.133. The van der Waals surface area contributed by atoms with Crippen LogP contribution in [0.4, 0.5) is 10.5 Å². The number of amides is 3. The van der Waals surface area contributed by atoms with Crippen molar-refractivity contribution in [1.82, 2.24) is 9.80 Å². The lowest BCUT2D eigenvalue weighted by Gasteiger charge is -2.29. The Bertz CT molecular complexity index is 1030. The van der Waals surface area contributed by atoms with Gasteiger partial charge in [-0.2, -0.15) is 0 Å². The molecule has 0 aliphatic heterocycles. The molecule has 1 aromatic heterocycles. The number of hydrogen-bond donors (Lipinski definition) is 1. The molecule has 0 radical (unpaired) electrons. The van der Waals surface area contributed by atoms with E-state index in [-0.39, 0.29) is 24.4 Å². The predicted molar refractivity (Wildman–Crippen MR) is 136 cm³/mol. The van der Waals surface area contributed by atoms with Crippen LogP contribution in [0.1, 0.15) is 35.4 Å². The van der Waals surface area contributed by atoms with Crippen LogP contribution >= 0.6 is 11.3 Å². The third kappa shape index (κ3) is 7.19. The minimum atomic E-state index is -0.245. The summed E-state index contributed by atoms with van der Waals surface area (Å²) in [7, 11) is 0. The number of nitrogens with one attached hydrogen (secondary N) is 1. The molecule has 0 saturated heterocycles. The molecule has 33 heavy (non-hydrogen) atoms. The fourth-order valence-electron chi connectivity index (χ4n) is 3.75. The average Bonchev–Trinajstić information content (AvgIpc) is 3.29. The minimum absolute atomic E-state index is 0.0349. The standard InChI is InChI=1S/C27H33N3O2S/c1-20(2)16-30(27(32)28-26-21(3)10-8-11-22(26)4)19-25(31)29(18-24-14-9-15-33-24)17-23-12-6-5-7-13-23/h5-15,20H,16-19H2,1-4H3,(H,28,32). The Balaban J connectivity index is 1.78. The topological polar surface area (TPSA) is 52.7 Å². The van der Waals surface area contributed by atoms with Gasteiger partial charge in [0, 0.05) is 23.7 Å². The normalized spacial score (nSPS) is 10.8. The predicted octanol–water partition coefficient (Wildman–Crippen LogP) is 6.08. The summed E-state index contributed by atoms with van der Waals surface area (Å²) in [6.07, 6.45) is 0. The summed E-state index contributed by atoms with van der Waals surface area (Å²) < 4.78 is 0. The molecule has 6 heteroatoms. The second-order valence-electron chi connectivity index (χ2n) is 8.79. The monoisotopic (exact) mass is 463 g/mol. The summed E-state index contributed by atoms with van der Waals surface area (Å²) in [6, 6.07) is 19.7. The van der Waals surface area contributed by atoms with E-state index in [1.54, 1.807) is 16.2 Å². The summed E-state index contributed by atoms with van der Waals surface area (Å²) in [6.45, 7) is 9.62. The maximum Gasteiger partial charge on any atom is 0.322 e. The van der Waals surface area contributed by atoms with E-state index < -0.39 is 0 Å². The van der Waals surface area contributed by atoms with Crippen LogP contribution in [-0.4, -0.2) is 34.8 Å². The van der Waals surface area contributed by atoms with Crippen molar-refractivity contribution in [1.29, 1.82) is 0 Å². The zero-order chi connectivity index (χ0) is 23.8. The van der Waals surface area contributed by atoms with Crippen LogP contribution < -0.4 is 5.32 Å². The number of carbonyl (C=O) groups excluding carboxylic acids is 2. The van der Waals surface area contributed by atoms with Gasteiger partial charge in [-0.05, 0) is 47.9 Å². The number of urea groups is 1. The molecule has 1 heterocycles. The van der Waals surface area contributed by atoms with Crippen molar-refractivity contribution in [3.8, 4) is 0 Å². The van der Waals surface area contributed by atoms with Crippen molar-refractivity contribution < 1.29 is 9.59 Å². The summed E-state index contributed by atoms with van der Waals surface area (Å²) in [5, 5.41) is 5.06. The van der Waals surface area contributed by atoms with Gasteiger partial charge >= 0.3 is 6.03 Å². The van der Waals surface area contributed by atoms with Crippen molar-refractivity contribution in [3.05, 3.63) is 87.6 Å². The molecule has 0 bridgehead atoms. The number of anilines is 1. The first-order valence-electron chi connectivity index (χ1n) is 11.3. The summed E-state index contributed by atoms with van der Waals surface area (Å²) in [4.78, 5) is 31.3. The van der Waals surface area contributed by atoms with Crippen molar-refractivity contribution >= 4 is 29.0 Å². The molecule has 0 aliphatic carbocycles. The molecule has 174 valence electrons. The Morgan fingerprint density at radius 1 is 0.879 bits per heavy atom. The number of benzene rings is 2. The number of thiophene rings is 1. The number of rotatable bonds is 9. The third-order valence-corrected chi connectivity index (χ3v) is 6.27. The zero-order valence-corrected chi connectivity index (χ0v) is 20.7. The molecule has 2 aromatic carbocycles. The van der Waals surface area contributed by atoms with Crippen LogP contribution in [0, 0.1) is 19.8 Å². The fourth-order valence-corrected chi connectivity index (χ4v) is 4.47. The van der Waals surface area contributed by atoms with Gasteiger partial charge in [0.05, 0.1) is 6.54 Å². The Labute approximate surface area is 201 Å². The summed E-state index contributed by atoms with van der Waals surface area (Å²) in [5.74, 6) is 0.172. The smallest absolute Gasteiger partial charge is 0.322 e. The minimum Gasteiger partial charge on any atom is -0.332 e. The van der Waals surface area contributed by atoms with Crippen LogP contribution in [0.5, 0.6) is 0 Å². The van der Waals surface area contributed by atoms with E-state index in [9.17, 15) is 9.59 Å². The summed E-state index contributed by atoms with van der Waals surface area (Å²) in [5.41, 5.74) is 3.88. The van der Waals surface area contributed by atoms with Crippen LogP contribution in [0.3, 0.4) is 0 Å². The number of carbonyl (C=O) groups is 2. The van der Waals surface area contributed by atoms with E-state index in [1.165, 1.54) is 0 Å².